The molecule has 22 heavy (non-hydrogen) atoms. The fraction of sp³-hybridized carbons (Fsp3) is 0.222. The number of hydrogen-bond donors (Lipinski definition) is 1. The third kappa shape index (κ3) is 3.94. The number of aliphatic hydroxyl groups excluding tert-OH is 1. The second kappa shape index (κ2) is 7.39. The van der Waals surface area contributed by atoms with Gasteiger partial charge in [-0.3, -0.25) is 4.98 Å². The summed E-state index contributed by atoms with van der Waals surface area (Å²) in [7, 11) is 1.93. The average molecular weight is 293 g/mol. The van der Waals surface area contributed by atoms with Gasteiger partial charge in [-0.05, 0) is 42.3 Å². The van der Waals surface area contributed by atoms with E-state index in [4.69, 9.17) is 11.7 Å². The van der Waals surface area contributed by atoms with Gasteiger partial charge in [0.2, 0.25) is 5.70 Å². The number of hydrogen-bond acceptors (Lipinski definition) is 3. The van der Waals surface area contributed by atoms with Gasteiger partial charge in [0.25, 0.3) is 0 Å². The quantitative estimate of drug-likeness (QED) is 0.860. The molecule has 0 bridgehead atoms. The molecule has 4 nitrogen and oxygen atoms in total. The summed E-state index contributed by atoms with van der Waals surface area (Å²) in [5.41, 5.74) is 4.27. The Balaban J connectivity index is 2.23. The Hall–Kier alpha value is -2.64. The Morgan fingerprint density at radius 1 is 1.27 bits per heavy atom. The predicted molar refractivity (Wildman–Crippen MR) is 90.2 cm³/mol. The topological polar surface area (TPSA) is 40.7 Å². The zero-order valence-electron chi connectivity index (χ0n) is 12.8. The Kier molecular flexibility index (Phi) is 5.29. The third-order valence-corrected chi connectivity index (χ3v) is 3.37. The van der Waals surface area contributed by atoms with Gasteiger partial charge >= 0.3 is 0 Å². The van der Waals surface area contributed by atoms with E-state index in [9.17, 15) is 0 Å². The van der Waals surface area contributed by atoms with Crippen LogP contribution in [0.3, 0.4) is 0 Å². The molecule has 4 heteroatoms. The van der Waals surface area contributed by atoms with Crippen LogP contribution < -0.4 is 4.90 Å². The summed E-state index contributed by atoms with van der Waals surface area (Å²) in [6.07, 6.45) is 3.60. The molecule has 0 aliphatic heterocycles. The molecule has 112 valence electrons. The maximum Gasteiger partial charge on any atom is 0.212 e. The highest BCUT2D eigenvalue weighted by molar-refractivity contribution is 5.84. The Labute approximate surface area is 131 Å². The molecular formula is C18H19N3O. The summed E-state index contributed by atoms with van der Waals surface area (Å²) in [5.74, 6) is 0. The van der Waals surface area contributed by atoms with E-state index in [1.54, 1.807) is 6.20 Å². The van der Waals surface area contributed by atoms with Crippen molar-refractivity contribution in [2.75, 3.05) is 25.1 Å². The second-order valence-electron chi connectivity index (χ2n) is 5.10. The number of aliphatic hydroxyl groups is 1. The lowest BCUT2D eigenvalue weighted by Crippen LogP contribution is -2.20. The molecule has 1 aromatic carbocycles. The van der Waals surface area contributed by atoms with Gasteiger partial charge in [-0.15, -0.1) is 0 Å². The van der Waals surface area contributed by atoms with E-state index in [2.05, 4.69) is 9.83 Å². The normalized spacial score (nSPS) is 11.1. The van der Waals surface area contributed by atoms with Gasteiger partial charge in [0.05, 0.1) is 18.9 Å². The monoisotopic (exact) mass is 293 g/mol. The summed E-state index contributed by atoms with van der Waals surface area (Å²) in [4.78, 5) is 9.85. The lowest BCUT2D eigenvalue weighted by Gasteiger charge is -2.17. The molecule has 0 aliphatic carbocycles. The van der Waals surface area contributed by atoms with E-state index < -0.39 is 0 Å². The van der Waals surface area contributed by atoms with Crippen LogP contribution in [-0.2, 0) is 0 Å². The molecule has 0 aliphatic rings. The van der Waals surface area contributed by atoms with E-state index >= 15 is 0 Å². The molecule has 2 rings (SSSR count). The first-order chi connectivity index (χ1) is 10.6. The average Bonchev–Trinajstić information content (AvgIpc) is 2.54. The summed E-state index contributed by atoms with van der Waals surface area (Å²) in [6, 6.07) is 11.7. The van der Waals surface area contributed by atoms with Crippen LogP contribution in [-0.4, -0.2) is 30.3 Å². The molecule has 0 radical (unpaired) electrons. The molecule has 0 spiro atoms. The molecule has 2 aromatic rings. The minimum absolute atomic E-state index is 0.124. The van der Waals surface area contributed by atoms with Gasteiger partial charge in [-0.2, -0.15) is 0 Å². The maximum absolute atomic E-state index is 8.96. The van der Waals surface area contributed by atoms with Crippen molar-refractivity contribution in [2.45, 2.75) is 6.92 Å². The maximum atomic E-state index is 8.96. The molecule has 0 unspecified atom stereocenters. The minimum atomic E-state index is 0.124. The highest BCUT2D eigenvalue weighted by Gasteiger charge is 2.04. The smallest absolute Gasteiger partial charge is 0.212 e. The molecule has 0 fully saturated rings. The van der Waals surface area contributed by atoms with Crippen LogP contribution in [0.15, 0.2) is 42.6 Å². The van der Waals surface area contributed by atoms with Gasteiger partial charge in [0.15, 0.2) is 0 Å². The van der Waals surface area contributed by atoms with E-state index in [-0.39, 0.29) is 6.61 Å². The second-order valence-corrected chi connectivity index (χ2v) is 5.10. The molecule has 0 atom stereocenters. The fourth-order valence-electron chi connectivity index (χ4n) is 2.04. The van der Waals surface area contributed by atoms with Crippen molar-refractivity contribution >= 4 is 17.5 Å². The third-order valence-electron chi connectivity index (χ3n) is 3.37. The van der Waals surface area contributed by atoms with Crippen molar-refractivity contribution in [2.24, 2.45) is 0 Å². The van der Waals surface area contributed by atoms with Gasteiger partial charge in [-0.1, -0.05) is 18.2 Å². The van der Waals surface area contributed by atoms with Crippen molar-refractivity contribution in [3.63, 3.8) is 0 Å². The number of benzene rings is 1. The first kappa shape index (κ1) is 15.7. The largest absolute Gasteiger partial charge is 0.395 e. The first-order valence-corrected chi connectivity index (χ1v) is 7.08. The number of aryl methyl sites for hydroxylation is 1. The molecule has 1 heterocycles. The van der Waals surface area contributed by atoms with Crippen LogP contribution in [0, 0.1) is 13.5 Å². The number of likely N-dealkylation sites (N-methyl/N-ethyl adjacent to an activating group) is 1. The van der Waals surface area contributed by atoms with Crippen molar-refractivity contribution in [3.8, 4) is 0 Å². The van der Waals surface area contributed by atoms with Crippen LogP contribution >= 0.6 is 0 Å². The SMILES string of the molecule is [C-]#[N+]/C(=C\c1ccc(N(C)CCO)cc1)c1ccc(C)cn1. The van der Waals surface area contributed by atoms with Crippen molar-refractivity contribution in [1.82, 2.24) is 4.98 Å². The predicted octanol–water partition coefficient (Wildman–Crippen LogP) is 3.24. The summed E-state index contributed by atoms with van der Waals surface area (Å²) in [5, 5.41) is 8.96. The van der Waals surface area contributed by atoms with Gasteiger partial charge in [-0.25, -0.2) is 4.85 Å². The van der Waals surface area contributed by atoms with Gasteiger partial charge in [0, 0.05) is 25.5 Å². The lowest BCUT2D eigenvalue weighted by atomic mass is 10.1. The Morgan fingerprint density at radius 2 is 2.00 bits per heavy atom. The van der Waals surface area contributed by atoms with Crippen LogP contribution in [0.25, 0.3) is 16.6 Å². The van der Waals surface area contributed by atoms with Crippen molar-refractivity contribution in [3.05, 3.63) is 70.8 Å². The summed E-state index contributed by atoms with van der Waals surface area (Å²) in [6.45, 7) is 10.0. The standard InChI is InChI=1S/C18H19N3O/c1-14-4-9-17(20-13-14)18(19-2)12-15-5-7-16(8-6-15)21(3)10-11-22/h4-9,12-13,22H,10-11H2,1,3H3/b18-12-. The van der Waals surface area contributed by atoms with E-state index in [0.29, 0.717) is 17.9 Å². The number of pyridine rings is 1. The summed E-state index contributed by atoms with van der Waals surface area (Å²) < 4.78 is 0. The zero-order chi connectivity index (χ0) is 15.9. The van der Waals surface area contributed by atoms with Crippen molar-refractivity contribution < 1.29 is 5.11 Å². The Bertz CT molecular complexity index is 682. The highest BCUT2D eigenvalue weighted by atomic mass is 16.3. The van der Waals surface area contributed by atoms with Crippen LogP contribution in [0.2, 0.25) is 0 Å². The number of aromatic nitrogens is 1. The molecular weight excluding hydrogens is 274 g/mol. The molecule has 1 aromatic heterocycles. The molecule has 1 N–H and O–H groups in total. The molecule has 0 saturated carbocycles. The first-order valence-electron chi connectivity index (χ1n) is 7.08. The van der Waals surface area contributed by atoms with Crippen LogP contribution in [0.4, 0.5) is 5.69 Å². The number of anilines is 1. The van der Waals surface area contributed by atoms with Crippen LogP contribution in [0.5, 0.6) is 0 Å². The Morgan fingerprint density at radius 3 is 2.55 bits per heavy atom. The lowest BCUT2D eigenvalue weighted by molar-refractivity contribution is 0.304. The van der Waals surface area contributed by atoms with E-state index in [0.717, 1.165) is 16.8 Å². The van der Waals surface area contributed by atoms with Gasteiger partial charge in [0.1, 0.15) is 0 Å². The van der Waals surface area contributed by atoms with E-state index in [1.165, 1.54) is 0 Å². The number of rotatable bonds is 5. The summed E-state index contributed by atoms with van der Waals surface area (Å²) >= 11 is 0. The molecule has 0 amide bonds. The fourth-order valence-corrected chi connectivity index (χ4v) is 2.04. The highest BCUT2D eigenvalue weighted by Crippen LogP contribution is 2.20. The number of nitrogens with zero attached hydrogens (tertiary/aromatic N) is 3. The van der Waals surface area contributed by atoms with E-state index in [1.807, 2.05) is 61.3 Å². The van der Waals surface area contributed by atoms with Crippen molar-refractivity contribution in [1.29, 1.82) is 0 Å². The van der Waals surface area contributed by atoms with Gasteiger partial charge < -0.3 is 10.0 Å². The minimum Gasteiger partial charge on any atom is -0.395 e. The molecule has 0 saturated heterocycles. The zero-order valence-corrected chi connectivity index (χ0v) is 12.8. The van der Waals surface area contributed by atoms with Crippen LogP contribution in [0.1, 0.15) is 16.8 Å².